The molecule has 0 aliphatic carbocycles. The third-order valence-corrected chi connectivity index (χ3v) is 4.64. The van der Waals surface area contributed by atoms with E-state index in [0.29, 0.717) is 54.7 Å². The number of halogens is 1. The number of nitrogens with one attached hydrogen (secondary N) is 1. The van der Waals surface area contributed by atoms with Gasteiger partial charge < -0.3 is 24.3 Å². The van der Waals surface area contributed by atoms with Crippen LogP contribution in [-0.2, 0) is 6.61 Å². The summed E-state index contributed by atoms with van der Waals surface area (Å²) in [6, 6.07) is 18.8. The largest absolute Gasteiger partial charge is 0.494 e. The van der Waals surface area contributed by atoms with Crippen molar-refractivity contribution in [3.63, 3.8) is 0 Å². The van der Waals surface area contributed by atoms with Crippen LogP contribution in [0.3, 0.4) is 0 Å². The Morgan fingerprint density at radius 2 is 1.56 bits per heavy atom. The summed E-state index contributed by atoms with van der Waals surface area (Å²) in [5, 5.41) is 2.84. The molecule has 7 heteroatoms. The average Bonchev–Trinajstić information content (AvgIpc) is 2.83. The Kier molecular flexibility index (Phi) is 8.31. The molecule has 0 saturated carbocycles. The van der Waals surface area contributed by atoms with Gasteiger partial charge in [0.1, 0.15) is 18.2 Å². The van der Waals surface area contributed by atoms with Crippen molar-refractivity contribution >= 4 is 5.91 Å². The summed E-state index contributed by atoms with van der Waals surface area (Å²) in [4.78, 5) is 12.6. The van der Waals surface area contributed by atoms with Crippen molar-refractivity contribution in [2.45, 2.75) is 13.0 Å². The summed E-state index contributed by atoms with van der Waals surface area (Å²) in [5.74, 6) is 1.25. The number of hydrogen-bond donors (Lipinski definition) is 1. The minimum atomic E-state index is -0.313. The second-order valence-electron chi connectivity index (χ2n) is 6.90. The van der Waals surface area contributed by atoms with E-state index in [1.54, 1.807) is 24.3 Å². The third-order valence-electron chi connectivity index (χ3n) is 4.64. The van der Waals surface area contributed by atoms with E-state index in [-0.39, 0.29) is 11.7 Å². The lowest BCUT2D eigenvalue weighted by Gasteiger charge is -2.16. The van der Waals surface area contributed by atoms with E-state index >= 15 is 0 Å². The lowest BCUT2D eigenvalue weighted by Crippen LogP contribution is -2.25. The number of methoxy groups -OCH3 is 2. The summed E-state index contributed by atoms with van der Waals surface area (Å²) in [5.41, 5.74) is 1.39. The second kappa shape index (κ2) is 11.6. The molecule has 0 bridgehead atoms. The van der Waals surface area contributed by atoms with Crippen molar-refractivity contribution in [1.82, 2.24) is 5.32 Å². The second-order valence-corrected chi connectivity index (χ2v) is 6.90. The molecule has 6 nitrogen and oxygen atoms in total. The smallest absolute Gasteiger partial charge is 0.251 e. The molecule has 0 aliphatic rings. The summed E-state index contributed by atoms with van der Waals surface area (Å²) in [6.07, 6.45) is 0.593. The number of benzene rings is 3. The Balaban J connectivity index is 1.56. The molecule has 0 aliphatic heterocycles. The first kappa shape index (κ1) is 22.9. The van der Waals surface area contributed by atoms with Crippen molar-refractivity contribution in [2.75, 3.05) is 27.4 Å². The van der Waals surface area contributed by atoms with Crippen molar-refractivity contribution in [2.24, 2.45) is 0 Å². The van der Waals surface area contributed by atoms with E-state index in [0.717, 1.165) is 5.56 Å². The number of carbonyl (C=O) groups is 1. The van der Waals surface area contributed by atoms with Gasteiger partial charge in [-0.2, -0.15) is 0 Å². The fourth-order valence-electron chi connectivity index (χ4n) is 2.98. The first-order chi connectivity index (χ1) is 15.6. The zero-order valence-electron chi connectivity index (χ0n) is 18.1. The number of hydrogen-bond acceptors (Lipinski definition) is 5. The highest BCUT2D eigenvalue weighted by atomic mass is 19.1. The predicted molar refractivity (Wildman–Crippen MR) is 119 cm³/mol. The van der Waals surface area contributed by atoms with Gasteiger partial charge in [0.15, 0.2) is 11.5 Å². The third kappa shape index (κ3) is 6.38. The zero-order chi connectivity index (χ0) is 22.8. The number of rotatable bonds is 11. The molecular formula is C25H26FNO5. The Labute approximate surface area is 186 Å². The molecule has 1 N–H and O–H groups in total. The first-order valence-corrected chi connectivity index (χ1v) is 10.2. The molecule has 3 rings (SSSR count). The van der Waals surface area contributed by atoms with E-state index in [4.69, 9.17) is 18.9 Å². The standard InChI is InChI=1S/C25H26FNO5/c1-29-22-15-19(16-23(30-2)24(22)32-17-18-7-4-3-5-8-18)25(28)27-13-6-14-31-21-11-9-20(26)10-12-21/h3-5,7-12,15-16H,6,13-14,17H2,1-2H3,(H,27,28). The Hall–Kier alpha value is -3.74. The van der Waals surface area contributed by atoms with Gasteiger partial charge in [-0.3, -0.25) is 4.79 Å². The predicted octanol–water partition coefficient (Wildman–Crippen LogP) is 4.62. The van der Waals surface area contributed by atoms with Crippen LogP contribution in [0.25, 0.3) is 0 Å². The van der Waals surface area contributed by atoms with Crippen LogP contribution < -0.4 is 24.3 Å². The molecule has 0 fully saturated rings. The van der Waals surface area contributed by atoms with E-state index in [9.17, 15) is 9.18 Å². The molecule has 0 radical (unpaired) electrons. The van der Waals surface area contributed by atoms with E-state index in [1.165, 1.54) is 26.4 Å². The first-order valence-electron chi connectivity index (χ1n) is 10.2. The lowest BCUT2D eigenvalue weighted by atomic mass is 10.1. The van der Waals surface area contributed by atoms with Crippen LogP contribution in [0, 0.1) is 5.82 Å². The topological polar surface area (TPSA) is 66.0 Å². The summed E-state index contributed by atoms with van der Waals surface area (Å²) in [7, 11) is 3.03. The van der Waals surface area contributed by atoms with E-state index < -0.39 is 0 Å². The van der Waals surface area contributed by atoms with Crippen LogP contribution in [0.5, 0.6) is 23.0 Å². The van der Waals surface area contributed by atoms with Crippen molar-refractivity contribution < 1.29 is 28.1 Å². The monoisotopic (exact) mass is 439 g/mol. The van der Waals surface area contributed by atoms with Gasteiger partial charge in [0, 0.05) is 12.1 Å². The lowest BCUT2D eigenvalue weighted by molar-refractivity contribution is 0.0950. The molecule has 0 saturated heterocycles. The molecule has 32 heavy (non-hydrogen) atoms. The normalized spacial score (nSPS) is 10.3. The molecule has 0 unspecified atom stereocenters. The van der Waals surface area contributed by atoms with Crippen LogP contribution >= 0.6 is 0 Å². The number of carbonyl (C=O) groups excluding carboxylic acids is 1. The molecule has 1 amide bonds. The summed E-state index contributed by atoms with van der Waals surface area (Å²) < 4.78 is 35.2. The maximum atomic E-state index is 12.9. The van der Waals surface area contributed by atoms with Crippen LogP contribution in [0.4, 0.5) is 4.39 Å². The van der Waals surface area contributed by atoms with Gasteiger partial charge in [-0.05, 0) is 48.4 Å². The maximum Gasteiger partial charge on any atom is 0.251 e. The van der Waals surface area contributed by atoms with Gasteiger partial charge in [0.05, 0.1) is 20.8 Å². The molecule has 3 aromatic carbocycles. The van der Waals surface area contributed by atoms with Crippen LogP contribution in [0.2, 0.25) is 0 Å². The molecule has 0 heterocycles. The maximum absolute atomic E-state index is 12.9. The van der Waals surface area contributed by atoms with Gasteiger partial charge >= 0.3 is 0 Å². The SMILES string of the molecule is COc1cc(C(=O)NCCCOc2ccc(F)cc2)cc(OC)c1OCc1ccccc1. The Bertz CT molecular complexity index is 984. The van der Waals surface area contributed by atoms with Crippen LogP contribution in [0.15, 0.2) is 66.7 Å². The van der Waals surface area contributed by atoms with Crippen LogP contribution in [-0.4, -0.2) is 33.3 Å². The van der Waals surface area contributed by atoms with E-state index in [2.05, 4.69) is 5.32 Å². The fraction of sp³-hybridized carbons (Fsp3) is 0.240. The quantitative estimate of drug-likeness (QED) is 0.442. The van der Waals surface area contributed by atoms with E-state index in [1.807, 2.05) is 30.3 Å². The molecule has 0 aromatic heterocycles. The van der Waals surface area contributed by atoms with Gasteiger partial charge in [0.25, 0.3) is 5.91 Å². The summed E-state index contributed by atoms with van der Waals surface area (Å²) >= 11 is 0. The highest BCUT2D eigenvalue weighted by Gasteiger charge is 2.18. The molecule has 0 spiro atoms. The zero-order valence-corrected chi connectivity index (χ0v) is 18.1. The Morgan fingerprint density at radius 3 is 2.19 bits per heavy atom. The minimum Gasteiger partial charge on any atom is -0.494 e. The molecular weight excluding hydrogens is 413 g/mol. The molecule has 3 aromatic rings. The van der Waals surface area contributed by atoms with Gasteiger partial charge in [-0.15, -0.1) is 0 Å². The average molecular weight is 439 g/mol. The van der Waals surface area contributed by atoms with Crippen molar-refractivity contribution in [1.29, 1.82) is 0 Å². The highest BCUT2D eigenvalue weighted by Crippen LogP contribution is 2.39. The van der Waals surface area contributed by atoms with Gasteiger partial charge in [-0.1, -0.05) is 30.3 Å². The highest BCUT2D eigenvalue weighted by molar-refractivity contribution is 5.95. The fourth-order valence-corrected chi connectivity index (χ4v) is 2.98. The number of amides is 1. The number of ether oxygens (including phenoxy) is 4. The molecule has 168 valence electrons. The Morgan fingerprint density at radius 1 is 0.906 bits per heavy atom. The van der Waals surface area contributed by atoms with Gasteiger partial charge in [0.2, 0.25) is 5.75 Å². The van der Waals surface area contributed by atoms with Crippen molar-refractivity contribution in [3.05, 3.63) is 83.7 Å². The minimum absolute atomic E-state index is 0.266. The summed E-state index contributed by atoms with van der Waals surface area (Å²) in [6.45, 7) is 1.15. The molecule has 0 atom stereocenters. The van der Waals surface area contributed by atoms with Gasteiger partial charge in [-0.25, -0.2) is 4.39 Å². The van der Waals surface area contributed by atoms with Crippen molar-refractivity contribution in [3.8, 4) is 23.0 Å². The van der Waals surface area contributed by atoms with Crippen LogP contribution in [0.1, 0.15) is 22.3 Å².